The molecule has 1 amide bonds. The Morgan fingerprint density at radius 3 is 2.58 bits per heavy atom. The van der Waals surface area contributed by atoms with E-state index in [0.29, 0.717) is 39.9 Å². The summed E-state index contributed by atoms with van der Waals surface area (Å²) >= 11 is 1.29. The summed E-state index contributed by atoms with van der Waals surface area (Å²) < 4.78 is 11.9. The summed E-state index contributed by atoms with van der Waals surface area (Å²) in [7, 11) is 1.59. The number of aromatic nitrogens is 1. The molecule has 0 saturated carbocycles. The van der Waals surface area contributed by atoms with Crippen LogP contribution in [-0.2, 0) is 9.59 Å². The highest BCUT2D eigenvalue weighted by Crippen LogP contribution is 2.44. The normalized spacial score (nSPS) is 16.8. The number of ether oxygens (including phenoxy) is 2. The summed E-state index contributed by atoms with van der Waals surface area (Å²) in [6, 6.07) is 19.1. The molecule has 5 rings (SSSR count). The van der Waals surface area contributed by atoms with E-state index in [2.05, 4.69) is 11.9 Å². The third-order valence-electron chi connectivity index (χ3n) is 6.50. The number of methoxy groups -OCH3 is 1. The molecule has 4 aromatic rings. The van der Waals surface area contributed by atoms with Crippen LogP contribution in [0.2, 0.25) is 0 Å². The Hall–Kier alpha value is -4.17. The van der Waals surface area contributed by atoms with Crippen molar-refractivity contribution >= 4 is 44.1 Å². The van der Waals surface area contributed by atoms with E-state index in [1.165, 1.54) is 16.2 Å². The van der Waals surface area contributed by atoms with Crippen molar-refractivity contribution in [2.24, 2.45) is 0 Å². The summed E-state index contributed by atoms with van der Waals surface area (Å²) in [4.78, 5) is 33.0. The first-order chi connectivity index (χ1) is 18.4. The molecule has 1 saturated heterocycles. The van der Waals surface area contributed by atoms with Gasteiger partial charge in [0.25, 0.3) is 5.78 Å². The fourth-order valence-corrected chi connectivity index (χ4v) is 5.46. The predicted octanol–water partition coefficient (Wildman–Crippen LogP) is 6.42. The number of ketones is 1. The van der Waals surface area contributed by atoms with Gasteiger partial charge in [-0.1, -0.05) is 66.6 Å². The van der Waals surface area contributed by atoms with Gasteiger partial charge in [0.2, 0.25) is 0 Å². The first-order valence-electron chi connectivity index (χ1n) is 12.5. The minimum Gasteiger partial charge on any atom is -0.507 e. The average Bonchev–Trinajstić information content (AvgIpc) is 3.46. The molecule has 38 heavy (non-hydrogen) atoms. The molecule has 1 atom stereocenters. The van der Waals surface area contributed by atoms with Crippen LogP contribution in [0.15, 0.2) is 72.3 Å². The first-order valence-corrected chi connectivity index (χ1v) is 13.3. The molecule has 0 bridgehead atoms. The van der Waals surface area contributed by atoms with Crippen molar-refractivity contribution in [1.29, 1.82) is 0 Å². The Morgan fingerprint density at radius 1 is 1.05 bits per heavy atom. The number of aliphatic hydroxyl groups excluding tert-OH is 1. The molecule has 0 radical (unpaired) electrons. The summed E-state index contributed by atoms with van der Waals surface area (Å²) in [6.07, 6.45) is 1.90. The van der Waals surface area contributed by atoms with Crippen molar-refractivity contribution in [2.75, 3.05) is 18.6 Å². The van der Waals surface area contributed by atoms with Crippen LogP contribution in [0.3, 0.4) is 0 Å². The van der Waals surface area contributed by atoms with Gasteiger partial charge in [0.05, 0.1) is 35.5 Å². The van der Waals surface area contributed by atoms with E-state index in [0.717, 1.165) is 23.1 Å². The van der Waals surface area contributed by atoms with Crippen LogP contribution >= 0.6 is 11.3 Å². The molecule has 8 heteroatoms. The lowest BCUT2D eigenvalue weighted by atomic mass is 9.95. The number of fused-ring (bicyclic) bond motifs is 1. The molecule has 194 valence electrons. The van der Waals surface area contributed by atoms with Crippen LogP contribution in [0.25, 0.3) is 16.0 Å². The Bertz CT molecular complexity index is 1540. The molecule has 1 aliphatic rings. The number of hydrogen-bond donors (Lipinski definition) is 1. The molecule has 1 aliphatic heterocycles. The van der Waals surface area contributed by atoms with Gasteiger partial charge in [-0.15, -0.1) is 0 Å². The zero-order valence-corrected chi connectivity index (χ0v) is 22.2. The van der Waals surface area contributed by atoms with Gasteiger partial charge in [-0.25, -0.2) is 4.98 Å². The summed E-state index contributed by atoms with van der Waals surface area (Å²) in [5.41, 5.74) is 2.84. The average molecular weight is 529 g/mol. The molecular weight excluding hydrogens is 500 g/mol. The second-order valence-electron chi connectivity index (χ2n) is 9.14. The molecular formula is C30H28N2O5S. The van der Waals surface area contributed by atoms with Crippen LogP contribution < -0.4 is 14.4 Å². The van der Waals surface area contributed by atoms with Crippen LogP contribution in [0.4, 0.5) is 5.13 Å². The minimum atomic E-state index is -0.845. The monoisotopic (exact) mass is 528 g/mol. The van der Waals surface area contributed by atoms with Crippen LogP contribution in [0, 0.1) is 6.92 Å². The molecule has 1 aromatic heterocycles. The van der Waals surface area contributed by atoms with Crippen molar-refractivity contribution in [1.82, 2.24) is 4.98 Å². The van der Waals surface area contributed by atoms with Crippen LogP contribution in [0.1, 0.15) is 42.5 Å². The van der Waals surface area contributed by atoms with Crippen LogP contribution in [0.5, 0.6) is 11.5 Å². The lowest BCUT2D eigenvalue weighted by molar-refractivity contribution is -0.132. The summed E-state index contributed by atoms with van der Waals surface area (Å²) in [6.45, 7) is 4.60. The van der Waals surface area contributed by atoms with E-state index in [1.807, 2.05) is 43.3 Å². The number of thiazole rings is 1. The Kier molecular flexibility index (Phi) is 7.15. The van der Waals surface area contributed by atoms with Crippen molar-refractivity contribution in [2.45, 2.75) is 32.7 Å². The van der Waals surface area contributed by atoms with E-state index in [9.17, 15) is 14.7 Å². The highest BCUT2D eigenvalue weighted by molar-refractivity contribution is 7.22. The molecule has 7 nitrogen and oxygen atoms in total. The summed E-state index contributed by atoms with van der Waals surface area (Å²) in [5, 5.41) is 11.8. The highest BCUT2D eigenvalue weighted by Gasteiger charge is 2.48. The van der Waals surface area contributed by atoms with Gasteiger partial charge in [-0.05, 0) is 49.2 Å². The number of carbonyl (C=O) groups excluding carboxylic acids is 2. The SMILES string of the molecule is CCCCOc1cccc(/C(O)=C2\C(=O)C(=O)N(c3nc4ccc(OC)cc4s3)C2c2ccc(C)cc2)c1. The maximum Gasteiger partial charge on any atom is 0.301 e. The molecule has 0 spiro atoms. The predicted molar refractivity (Wildman–Crippen MR) is 149 cm³/mol. The first kappa shape index (κ1) is 25.5. The topological polar surface area (TPSA) is 89.0 Å². The second-order valence-corrected chi connectivity index (χ2v) is 10.1. The number of rotatable bonds is 8. The van der Waals surface area contributed by atoms with Gasteiger partial charge < -0.3 is 14.6 Å². The fourth-order valence-electron chi connectivity index (χ4n) is 4.44. The number of aryl methyl sites for hydroxylation is 1. The maximum absolute atomic E-state index is 13.5. The molecule has 2 heterocycles. The summed E-state index contributed by atoms with van der Waals surface area (Å²) in [5.74, 6) is -0.490. The van der Waals surface area contributed by atoms with E-state index in [-0.39, 0.29) is 11.3 Å². The van der Waals surface area contributed by atoms with Crippen molar-refractivity contribution in [3.8, 4) is 11.5 Å². The number of anilines is 1. The lowest BCUT2D eigenvalue weighted by Crippen LogP contribution is -2.29. The molecule has 1 unspecified atom stereocenters. The number of unbranched alkanes of at least 4 members (excludes halogenated alkanes) is 1. The Balaban J connectivity index is 1.64. The quantitative estimate of drug-likeness (QED) is 0.123. The third-order valence-corrected chi connectivity index (χ3v) is 7.52. The zero-order chi connectivity index (χ0) is 26.8. The number of amides is 1. The molecule has 0 aliphatic carbocycles. The number of carbonyl (C=O) groups is 2. The van der Waals surface area contributed by atoms with E-state index in [4.69, 9.17) is 9.47 Å². The Morgan fingerprint density at radius 2 is 1.84 bits per heavy atom. The van der Waals surface area contributed by atoms with Gasteiger partial charge in [0, 0.05) is 5.56 Å². The van der Waals surface area contributed by atoms with Gasteiger partial charge in [0.15, 0.2) is 5.13 Å². The fraction of sp³-hybridized carbons (Fsp3) is 0.233. The number of nitrogens with zero attached hydrogens (tertiary/aromatic N) is 2. The zero-order valence-electron chi connectivity index (χ0n) is 21.4. The largest absolute Gasteiger partial charge is 0.507 e. The second kappa shape index (κ2) is 10.7. The van der Waals surface area contributed by atoms with E-state index < -0.39 is 17.7 Å². The van der Waals surface area contributed by atoms with Crippen molar-refractivity contribution in [3.63, 3.8) is 0 Å². The number of Topliss-reactive ketones (excluding diaryl/α,β-unsaturated/α-hetero) is 1. The molecule has 1 fully saturated rings. The van der Waals surface area contributed by atoms with Crippen molar-refractivity contribution < 1.29 is 24.2 Å². The van der Waals surface area contributed by atoms with E-state index >= 15 is 0 Å². The smallest absolute Gasteiger partial charge is 0.301 e. The molecule has 3 aromatic carbocycles. The van der Waals surface area contributed by atoms with Gasteiger partial charge in [-0.3, -0.25) is 14.5 Å². The van der Waals surface area contributed by atoms with Gasteiger partial charge in [-0.2, -0.15) is 0 Å². The standard InChI is InChI=1S/C30H28N2O5S/c1-4-5-15-37-22-8-6-7-20(16-22)27(33)25-26(19-11-9-18(2)10-12-19)32(29(35)28(25)34)30-31-23-14-13-21(36-3)17-24(23)38-30/h6-14,16-17,26,33H,4-5,15H2,1-3H3/b27-25+. The van der Waals surface area contributed by atoms with Crippen LogP contribution in [-0.4, -0.2) is 35.5 Å². The van der Waals surface area contributed by atoms with Gasteiger partial charge in [0.1, 0.15) is 17.3 Å². The number of aliphatic hydroxyl groups is 1. The van der Waals surface area contributed by atoms with E-state index in [1.54, 1.807) is 37.4 Å². The number of hydrogen-bond acceptors (Lipinski definition) is 7. The molecule has 1 N–H and O–H groups in total. The van der Waals surface area contributed by atoms with Gasteiger partial charge >= 0.3 is 5.91 Å². The van der Waals surface area contributed by atoms with Crippen molar-refractivity contribution in [3.05, 3.63) is 89.0 Å². The minimum absolute atomic E-state index is 0.0152. The maximum atomic E-state index is 13.5. The Labute approximate surface area is 225 Å². The highest BCUT2D eigenvalue weighted by atomic mass is 32.1. The number of benzene rings is 3. The third kappa shape index (κ3) is 4.75. The lowest BCUT2D eigenvalue weighted by Gasteiger charge is -2.23.